The molecule has 0 fully saturated rings. The molecule has 0 saturated carbocycles. The third kappa shape index (κ3) is 3.33. The molecule has 2 aromatic rings. The number of aromatic nitrogens is 2. The van der Waals surface area contributed by atoms with Gasteiger partial charge in [-0.2, -0.15) is 4.98 Å². The molecular weight excluding hydrogens is 280 g/mol. The zero-order valence-corrected chi connectivity index (χ0v) is 13.2. The number of rotatable bonds is 5. The predicted octanol–water partition coefficient (Wildman–Crippen LogP) is 2.29. The molecule has 0 aliphatic carbocycles. The summed E-state index contributed by atoms with van der Waals surface area (Å²) in [6.07, 6.45) is 1.41. The number of benzene rings is 1. The molecule has 22 heavy (non-hydrogen) atoms. The molecule has 1 aromatic carbocycles. The number of hydrogen-bond acceptors (Lipinski definition) is 5. The first-order chi connectivity index (χ1) is 10.5. The average molecular weight is 300 g/mol. The molecule has 116 valence electrons. The van der Waals surface area contributed by atoms with Gasteiger partial charge in [-0.05, 0) is 12.5 Å². The molecule has 6 nitrogen and oxygen atoms in total. The lowest BCUT2D eigenvalue weighted by atomic mass is 10.0. The second kappa shape index (κ2) is 6.89. The first-order valence-electron chi connectivity index (χ1n) is 6.96. The Hall–Kier alpha value is -2.63. The Bertz CT molecular complexity index is 644. The van der Waals surface area contributed by atoms with E-state index in [0.29, 0.717) is 17.4 Å². The van der Waals surface area contributed by atoms with Gasteiger partial charge in [-0.25, -0.2) is 4.98 Å². The van der Waals surface area contributed by atoms with Crippen LogP contribution in [0.4, 0.5) is 11.5 Å². The summed E-state index contributed by atoms with van der Waals surface area (Å²) in [6.45, 7) is 1.86. The number of hydrogen-bond donors (Lipinski definition) is 1. The van der Waals surface area contributed by atoms with Gasteiger partial charge < -0.3 is 15.0 Å². The van der Waals surface area contributed by atoms with Crippen molar-refractivity contribution in [3.05, 3.63) is 42.2 Å². The minimum absolute atomic E-state index is 0.137. The van der Waals surface area contributed by atoms with E-state index >= 15 is 0 Å². The molecule has 0 aliphatic rings. The summed E-state index contributed by atoms with van der Waals surface area (Å²) in [5.41, 5.74) is 1.42. The van der Waals surface area contributed by atoms with Crippen molar-refractivity contribution in [3.8, 4) is 5.88 Å². The van der Waals surface area contributed by atoms with Crippen LogP contribution in [0.2, 0.25) is 0 Å². The monoisotopic (exact) mass is 300 g/mol. The van der Waals surface area contributed by atoms with Crippen molar-refractivity contribution in [2.24, 2.45) is 0 Å². The van der Waals surface area contributed by atoms with Gasteiger partial charge in [0.15, 0.2) is 5.82 Å². The van der Waals surface area contributed by atoms with Crippen LogP contribution in [0.15, 0.2) is 36.7 Å². The molecular formula is C16H20N4O2. The maximum Gasteiger partial charge on any atom is 0.242 e. The van der Waals surface area contributed by atoms with Crippen molar-refractivity contribution in [2.75, 3.05) is 31.4 Å². The Morgan fingerprint density at radius 2 is 1.91 bits per heavy atom. The van der Waals surface area contributed by atoms with Gasteiger partial charge in [0.05, 0.1) is 13.0 Å². The fourth-order valence-electron chi connectivity index (χ4n) is 2.09. The molecule has 1 unspecified atom stereocenters. The topological polar surface area (TPSA) is 67.4 Å². The minimum atomic E-state index is -0.291. The first-order valence-corrected chi connectivity index (χ1v) is 6.96. The third-order valence-electron chi connectivity index (χ3n) is 3.35. The molecule has 1 atom stereocenters. The van der Waals surface area contributed by atoms with Crippen LogP contribution < -0.4 is 15.0 Å². The lowest BCUT2D eigenvalue weighted by molar-refractivity contribution is -0.117. The molecule has 1 N–H and O–H groups in total. The molecule has 0 spiro atoms. The Kier molecular flexibility index (Phi) is 4.93. The van der Waals surface area contributed by atoms with E-state index in [0.717, 1.165) is 5.56 Å². The number of carbonyl (C=O) groups is 1. The zero-order chi connectivity index (χ0) is 16.1. The van der Waals surface area contributed by atoms with Crippen molar-refractivity contribution in [3.63, 3.8) is 0 Å². The highest BCUT2D eigenvalue weighted by Crippen LogP contribution is 2.31. The van der Waals surface area contributed by atoms with Gasteiger partial charge in [0.25, 0.3) is 0 Å². The van der Waals surface area contributed by atoms with Crippen molar-refractivity contribution < 1.29 is 9.53 Å². The maximum atomic E-state index is 12.5. The predicted molar refractivity (Wildman–Crippen MR) is 86.4 cm³/mol. The molecule has 1 amide bonds. The van der Waals surface area contributed by atoms with Gasteiger partial charge >= 0.3 is 0 Å². The summed E-state index contributed by atoms with van der Waals surface area (Å²) in [6, 6.07) is 9.60. The second-order valence-electron chi connectivity index (χ2n) is 5.10. The molecule has 6 heteroatoms. The van der Waals surface area contributed by atoms with Crippen molar-refractivity contribution >= 4 is 17.4 Å². The molecule has 1 heterocycles. The van der Waals surface area contributed by atoms with Crippen LogP contribution in [0, 0.1) is 0 Å². The smallest absolute Gasteiger partial charge is 0.242 e. The van der Waals surface area contributed by atoms with Crippen LogP contribution in [-0.4, -0.2) is 37.1 Å². The molecule has 0 bridgehead atoms. The number of ether oxygens (including phenoxy) is 1. The fourth-order valence-corrected chi connectivity index (χ4v) is 2.09. The normalized spacial score (nSPS) is 11.6. The highest BCUT2D eigenvalue weighted by molar-refractivity contribution is 5.99. The van der Waals surface area contributed by atoms with E-state index in [1.165, 1.54) is 13.4 Å². The SMILES string of the molecule is COc1ncnc(N(C)C)c1NC(=O)C(C)c1ccccc1. The third-order valence-corrected chi connectivity index (χ3v) is 3.35. The number of nitrogens with one attached hydrogen (secondary N) is 1. The number of amides is 1. The lowest BCUT2D eigenvalue weighted by Gasteiger charge is -2.19. The van der Waals surface area contributed by atoms with Gasteiger partial charge in [-0.15, -0.1) is 0 Å². The summed E-state index contributed by atoms with van der Waals surface area (Å²) in [5, 5.41) is 2.88. The van der Waals surface area contributed by atoms with Crippen molar-refractivity contribution in [1.82, 2.24) is 9.97 Å². The van der Waals surface area contributed by atoms with E-state index in [1.807, 2.05) is 51.4 Å². The summed E-state index contributed by atoms with van der Waals surface area (Å²) < 4.78 is 5.23. The van der Waals surface area contributed by atoms with Crippen molar-refractivity contribution in [2.45, 2.75) is 12.8 Å². The largest absolute Gasteiger partial charge is 0.479 e. The van der Waals surface area contributed by atoms with Crippen LogP contribution in [0.3, 0.4) is 0 Å². The number of anilines is 2. The van der Waals surface area contributed by atoms with E-state index in [4.69, 9.17) is 4.74 Å². The van der Waals surface area contributed by atoms with E-state index in [9.17, 15) is 4.79 Å². The number of nitrogens with zero attached hydrogens (tertiary/aromatic N) is 3. The quantitative estimate of drug-likeness (QED) is 0.917. The van der Waals surface area contributed by atoms with Crippen LogP contribution in [-0.2, 0) is 4.79 Å². The Morgan fingerprint density at radius 3 is 2.50 bits per heavy atom. The average Bonchev–Trinajstić information content (AvgIpc) is 2.54. The van der Waals surface area contributed by atoms with Gasteiger partial charge in [-0.1, -0.05) is 30.3 Å². The second-order valence-corrected chi connectivity index (χ2v) is 5.10. The first kappa shape index (κ1) is 15.8. The van der Waals surface area contributed by atoms with Crippen LogP contribution in [0.1, 0.15) is 18.4 Å². The minimum Gasteiger partial charge on any atom is -0.479 e. The van der Waals surface area contributed by atoms with Crippen LogP contribution in [0.25, 0.3) is 0 Å². The van der Waals surface area contributed by atoms with Gasteiger partial charge in [0, 0.05) is 14.1 Å². The summed E-state index contributed by atoms with van der Waals surface area (Å²) in [4.78, 5) is 22.6. The Labute approximate surface area is 130 Å². The summed E-state index contributed by atoms with van der Waals surface area (Å²) in [7, 11) is 5.20. The van der Waals surface area contributed by atoms with E-state index < -0.39 is 0 Å². The highest BCUT2D eigenvalue weighted by Gasteiger charge is 2.21. The molecule has 0 saturated heterocycles. The molecule has 1 aromatic heterocycles. The van der Waals surface area contributed by atoms with Crippen LogP contribution >= 0.6 is 0 Å². The summed E-state index contributed by atoms with van der Waals surface area (Å²) in [5.74, 6) is 0.510. The lowest BCUT2D eigenvalue weighted by Crippen LogP contribution is -2.22. The summed E-state index contributed by atoms with van der Waals surface area (Å²) >= 11 is 0. The van der Waals surface area contributed by atoms with Crippen molar-refractivity contribution in [1.29, 1.82) is 0 Å². The van der Waals surface area contributed by atoms with E-state index in [-0.39, 0.29) is 11.8 Å². The van der Waals surface area contributed by atoms with E-state index in [2.05, 4.69) is 15.3 Å². The number of carbonyl (C=O) groups excluding carboxylic acids is 1. The Morgan fingerprint density at radius 1 is 1.23 bits per heavy atom. The highest BCUT2D eigenvalue weighted by atomic mass is 16.5. The van der Waals surface area contributed by atoms with Gasteiger partial charge in [-0.3, -0.25) is 4.79 Å². The zero-order valence-electron chi connectivity index (χ0n) is 13.2. The van der Waals surface area contributed by atoms with E-state index in [1.54, 1.807) is 4.90 Å². The van der Waals surface area contributed by atoms with Gasteiger partial charge in [0.1, 0.15) is 12.0 Å². The number of methoxy groups -OCH3 is 1. The maximum absolute atomic E-state index is 12.5. The fraction of sp³-hybridized carbons (Fsp3) is 0.312. The molecule has 0 aliphatic heterocycles. The Balaban J connectivity index is 2.28. The molecule has 0 radical (unpaired) electrons. The standard InChI is InChI=1S/C16H20N4O2/c1-11(12-8-6-5-7-9-12)15(21)19-13-14(20(2)3)17-10-18-16(13)22-4/h5-11H,1-4H3,(H,19,21). The van der Waals surface area contributed by atoms with Gasteiger partial charge in [0.2, 0.25) is 11.8 Å². The van der Waals surface area contributed by atoms with Crippen LogP contribution in [0.5, 0.6) is 5.88 Å². The molecule has 2 rings (SSSR count).